The highest BCUT2D eigenvalue weighted by Crippen LogP contribution is 2.33. The van der Waals surface area contributed by atoms with Crippen molar-refractivity contribution in [2.75, 3.05) is 7.11 Å². The highest BCUT2D eigenvalue weighted by Gasteiger charge is 2.34. The van der Waals surface area contributed by atoms with Gasteiger partial charge >= 0.3 is 0 Å². The third kappa shape index (κ3) is 2.98. The first-order valence-electron chi connectivity index (χ1n) is 8.14. The molecule has 3 unspecified atom stereocenters. The fourth-order valence-corrected chi connectivity index (χ4v) is 3.93. The number of rotatable bonds is 3. The normalized spacial score (nSPS) is 28.8. The van der Waals surface area contributed by atoms with Gasteiger partial charge in [-0.05, 0) is 62.3 Å². The zero-order valence-corrected chi connectivity index (χ0v) is 13.0. The molecule has 21 heavy (non-hydrogen) atoms. The van der Waals surface area contributed by atoms with E-state index in [1.54, 1.807) is 7.11 Å². The average molecular weight is 287 g/mol. The summed E-state index contributed by atoms with van der Waals surface area (Å²) in [5.74, 6) is 1.85. The number of Topliss-reactive ketones (excluding diaryl/α,β-unsaturated/α-hetero) is 1. The summed E-state index contributed by atoms with van der Waals surface area (Å²) >= 11 is 0. The van der Waals surface area contributed by atoms with Gasteiger partial charge in [0.25, 0.3) is 0 Å². The number of ketones is 1. The minimum atomic E-state index is -0.00329. The number of piperidine rings is 1. The van der Waals surface area contributed by atoms with Crippen LogP contribution in [0.5, 0.6) is 5.75 Å². The molecule has 3 nitrogen and oxygen atoms in total. The van der Waals surface area contributed by atoms with Gasteiger partial charge in [-0.2, -0.15) is 0 Å². The van der Waals surface area contributed by atoms with Crippen molar-refractivity contribution in [1.82, 2.24) is 5.32 Å². The van der Waals surface area contributed by atoms with E-state index in [-0.39, 0.29) is 11.8 Å². The summed E-state index contributed by atoms with van der Waals surface area (Å²) in [6, 6.07) is 6.29. The predicted molar refractivity (Wildman–Crippen MR) is 84.0 cm³/mol. The molecule has 1 aromatic rings. The second-order valence-corrected chi connectivity index (χ2v) is 6.49. The topological polar surface area (TPSA) is 38.3 Å². The number of methoxy groups -OCH3 is 1. The quantitative estimate of drug-likeness (QED) is 0.865. The Morgan fingerprint density at radius 2 is 2.00 bits per heavy atom. The molecule has 1 aromatic carbocycles. The van der Waals surface area contributed by atoms with Crippen molar-refractivity contribution in [3.05, 3.63) is 29.3 Å². The maximum absolute atomic E-state index is 12.8. The first-order valence-corrected chi connectivity index (χ1v) is 8.14. The molecule has 2 fully saturated rings. The highest BCUT2D eigenvalue weighted by molar-refractivity contribution is 6.01. The Morgan fingerprint density at radius 3 is 2.76 bits per heavy atom. The van der Waals surface area contributed by atoms with Crippen molar-refractivity contribution < 1.29 is 9.53 Å². The monoisotopic (exact) mass is 287 g/mol. The standard InChI is InChI=1S/C18H25NO2/c1-12-11-14(21-2)8-9-15(12)18(20)17-10-7-13-5-3-4-6-16(13)19-17/h8-9,11,13,16-17,19H,3-7,10H2,1-2H3. The molecule has 0 aromatic heterocycles. The Hall–Kier alpha value is -1.35. The van der Waals surface area contributed by atoms with Crippen molar-refractivity contribution >= 4 is 5.78 Å². The largest absolute Gasteiger partial charge is 0.497 e. The number of carbonyl (C=O) groups excluding carboxylic acids is 1. The highest BCUT2D eigenvalue weighted by atomic mass is 16.5. The summed E-state index contributed by atoms with van der Waals surface area (Å²) in [4.78, 5) is 12.8. The summed E-state index contributed by atoms with van der Waals surface area (Å²) in [5, 5.41) is 3.63. The number of aryl methyl sites for hydroxylation is 1. The van der Waals surface area contributed by atoms with Crippen LogP contribution in [0.15, 0.2) is 18.2 Å². The second-order valence-electron chi connectivity index (χ2n) is 6.49. The molecule has 114 valence electrons. The summed E-state index contributed by atoms with van der Waals surface area (Å²) in [6.07, 6.45) is 7.40. The molecule has 1 N–H and O–H groups in total. The van der Waals surface area contributed by atoms with Crippen molar-refractivity contribution in [2.24, 2.45) is 5.92 Å². The van der Waals surface area contributed by atoms with Crippen molar-refractivity contribution in [2.45, 2.75) is 57.5 Å². The van der Waals surface area contributed by atoms with Crippen LogP contribution < -0.4 is 10.1 Å². The molecular weight excluding hydrogens is 262 g/mol. The van der Waals surface area contributed by atoms with E-state index >= 15 is 0 Å². The first-order chi connectivity index (χ1) is 10.2. The van der Waals surface area contributed by atoms with Crippen LogP contribution in [0, 0.1) is 12.8 Å². The molecule has 0 bridgehead atoms. The summed E-state index contributed by atoms with van der Waals surface area (Å²) < 4.78 is 5.22. The third-order valence-corrected chi connectivity index (χ3v) is 5.17. The van der Waals surface area contributed by atoms with Gasteiger partial charge in [0.15, 0.2) is 5.78 Å². The van der Waals surface area contributed by atoms with Gasteiger partial charge in [0.05, 0.1) is 13.2 Å². The minimum absolute atomic E-state index is 0.00329. The van der Waals surface area contributed by atoms with Crippen LogP contribution in [0.3, 0.4) is 0 Å². The van der Waals surface area contributed by atoms with E-state index < -0.39 is 0 Å². The van der Waals surface area contributed by atoms with Crippen LogP contribution in [0.25, 0.3) is 0 Å². The van der Waals surface area contributed by atoms with Gasteiger partial charge in [0.2, 0.25) is 0 Å². The Kier molecular flexibility index (Phi) is 4.29. The van der Waals surface area contributed by atoms with Crippen molar-refractivity contribution in [3.8, 4) is 5.75 Å². The van der Waals surface area contributed by atoms with Crippen LogP contribution >= 0.6 is 0 Å². The van der Waals surface area contributed by atoms with E-state index in [2.05, 4.69) is 5.32 Å². The van der Waals surface area contributed by atoms with Gasteiger partial charge < -0.3 is 10.1 Å². The number of hydrogen-bond donors (Lipinski definition) is 1. The number of fused-ring (bicyclic) bond motifs is 1. The lowest BCUT2D eigenvalue weighted by molar-refractivity contribution is 0.0861. The molecule has 3 rings (SSSR count). The van der Waals surface area contributed by atoms with Gasteiger partial charge in [-0.15, -0.1) is 0 Å². The smallest absolute Gasteiger partial charge is 0.180 e. The zero-order valence-electron chi connectivity index (χ0n) is 13.0. The second kappa shape index (κ2) is 6.18. The summed E-state index contributed by atoms with van der Waals surface area (Å²) in [6.45, 7) is 1.99. The summed E-state index contributed by atoms with van der Waals surface area (Å²) in [7, 11) is 1.65. The number of carbonyl (C=O) groups is 1. The lowest BCUT2D eigenvalue weighted by atomic mass is 9.76. The number of benzene rings is 1. The van der Waals surface area contributed by atoms with Gasteiger partial charge in [-0.25, -0.2) is 0 Å². The van der Waals surface area contributed by atoms with E-state index in [0.29, 0.717) is 6.04 Å². The predicted octanol–water partition coefficient (Wildman–Crippen LogP) is 3.50. The van der Waals surface area contributed by atoms with E-state index in [9.17, 15) is 4.79 Å². The molecule has 3 heteroatoms. The molecule has 2 aliphatic rings. The maximum Gasteiger partial charge on any atom is 0.180 e. The van der Waals surface area contributed by atoms with Crippen LogP contribution in [-0.4, -0.2) is 25.0 Å². The number of ether oxygens (including phenoxy) is 1. The zero-order chi connectivity index (χ0) is 14.8. The SMILES string of the molecule is COc1ccc(C(=O)C2CCC3CCCCC3N2)c(C)c1. The van der Waals surface area contributed by atoms with Crippen LogP contribution in [0.2, 0.25) is 0 Å². The molecule has 3 atom stereocenters. The van der Waals surface area contributed by atoms with E-state index in [0.717, 1.165) is 29.2 Å². The Bertz CT molecular complexity index is 526. The van der Waals surface area contributed by atoms with Gasteiger partial charge in [-0.1, -0.05) is 12.8 Å². The Labute approximate surface area is 127 Å². The fraction of sp³-hybridized carbons (Fsp3) is 0.611. The van der Waals surface area contributed by atoms with E-state index in [4.69, 9.17) is 4.74 Å². The maximum atomic E-state index is 12.8. The molecule has 1 aliphatic heterocycles. The van der Waals surface area contributed by atoms with Crippen LogP contribution in [0.4, 0.5) is 0 Å². The minimum Gasteiger partial charge on any atom is -0.497 e. The molecule has 1 heterocycles. The first kappa shape index (κ1) is 14.6. The lowest BCUT2D eigenvalue weighted by Gasteiger charge is -2.40. The van der Waals surface area contributed by atoms with E-state index in [1.165, 1.54) is 32.1 Å². The average Bonchev–Trinajstić information content (AvgIpc) is 2.53. The Morgan fingerprint density at radius 1 is 1.19 bits per heavy atom. The third-order valence-electron chi connectivity index (χ3n) is 5.17. The number of hydrogen-bond acceptors (Lipinski definition) is 3. The molecular formula is C18H25NO2. The van der Waals surface area contributed by atoms with E-state index in [1.807, 2.05) is 25.1 Å². The number of nitrogens with one attached hydrogen (secondary N) is 1. The lowest BCUT2D eigenvalue weighted by Crippen LogP contribution is -2.52. The summed E-state index contributed by atoms with van der Waals surface area (Å²) in [5.41, 5.74) is 1.84. The van der Waals surface area contributed by atoms with Gasteiger partial charge in [-0.3, -0.25) is 4.79 Å². The molecule has 0 radical (unpaired) electrons. The molecule has 0 amide bonds. The van der Waals surface area contributed by atoms with Gasteiger partial charge in [0, 0.05) is 11.6 Å². The van der Waals surface area contributed by atoms with Crippen molar-refractivity contribution in [1.29, 1.82) is 0 Å². The molecule has 1 aliphatic carbocycles. The van der Waals surface area contributed by atoms with Crippen molar-refractivity contribution in [3.63, 3.8) is 0 Å². The van der Waals surface area contributed by atoms with Gasteiger partial charge in [0.1, 0.15) is 5.75 Å². The fourth-order valence-electron chi connectivity index (χ4n) is 3.93. The Balaban J connectivity index is 1.73. The molecule has 0 spiro atoms. The van der Waals surface area contributed by atoms with Crippen LogP contribution in [0.1, 0.15) is 54.4 Å². The van der Waals surface area contributed by atoms with Crippen LogP contribution in [-0.2, 0) is 0 Å². The molecule has 1 saturated heterocycles. The molecule has 1 saturated carbocycles.